The van der Waals surface area contributed by atoms with E-state index in [1.807, 2.05) is 6.92 Å². The van der Waals surface area contributed by atoms with Crippen molar-refractivity contribution in [1.82, 2.24) is 0 Å². The molecule has 0 bridgehead atoms. The molecule has 3 nitrogen and oxygen atoms in total. The quantitative estimate of drug-likeness (QED) is 0.870. The number of carboxylic acid groups (broad SMARTS) is 1. The first-order valence-electron chi connectivity index (χ1n) is 4.06. The fraction of sp³-hybridized carbons (Fsp3) is 0.444. The van der Waals surface area contributed by atoms with Crippen LogP contribution in [0.1, 0.15) is 24.2 Å². The molecule has 0 saturated heterocycles. The summed E-state index contributed by atoms with van der Waals surface area (Å²) in [6.45, 7) is 1.87. The van der Waals surface area contributed by atoms with Crippen molar-refractivity contribution >= 4 is 21.9 Å². The van der Waals surface area contributed by atoms with E-state index in [1.165, 1.54) is 0 Å². The molecule has 0 radical (unpaired) electrons. The van der Waals surface area contributed by atoms with Crippen molar-refractivity contribution in [2.24, 2.45) is 0 Å². The lowest BCUT2D eigenvalue weighted by Gasteiger charge is -2.06. The van der Waals surface area contributed by atoms with Gasteiger partial charge in [-0.15, -0.1) is 0 Å². The molecule has 1 aromatic heterocycles. The molecule has 0 aromatic carbocycles. The summed E-state index contributed by atoms with van der Waals surface area (Å²) in [6, 6.07) is 1.80. The zero-order chi connectivity index (χ0) is 9.64. The number of rotatable bonds is 2. The summed E-state index contributed by atoms with van der Waals surface area (Å²) in [7, 11) is 0. The highest BCUT2D eigenvalue weighted by Crippen LogP contribution is 2.50. The number of carboxylic acids is 1. The second-order valence-corrected chi connectivity index (χ2v) is 4.23. The van der Waals surface area contributed by atoms with Crippen LogP contribution in [0.15, 0.2) is 15.2 Å². The van der Waals surface area contributed by atoms with Gasteiger partial charge in [-0.2, -0.15) is 0 Å². The van der Waals surface area contributed by atoms with E-state index in [0.29, 0.717) is 23.3 Å². The molecule has 2 rings (SSSR count). The number of furan rings is 1. The first-order valence-corrected chi connectivity index (χ1v) is 4.85. The molecular weight excluding hydrogens is 236 g/mol. The van der Waals surface area contributed by atoms with E-state index >= 15 is 0 Å². The summed E-state index contributed by atoms with van der Waals surface area (Å²) in [5.74, 6) is -0.177. The van der Waals surface area contributed by atoms with Crippen LogP contribution in [0, 0.1) is 6.92 Å². The Hall–Kier alpha value is -0.770. The summed E-state index contributed by atoms with van der Waals surface area (Å²) in [4.78, 5) is 11.0. The second kappa shape index (κ2) is 2.61. The standard InChI is InChI=1S/C9H9BrO3/c1-5-4-6(10)13-7(5)9(2-3-9)8(11)12/h4H,2-3H2,1H3,(H,11,12). The Morgan fingerprint density at radius 1 is 1.69 bits per heavy atom. The highest BCUT2D eigenvalue weighted by Gasteiger charge is 2.55. The maximum atomic E-state index is 11.0. The molecule has 70 valence electrons. The number of halogens is 1. The van der Waals surface area contributed by atoms with Crippen LogP contribution in [0.2, 0.25) is 0 Å². The minimum Gasteiger partial charge on any atom is -0.480 e. The van der Waals surface area contributed by atoms with Gasteiger partial charge in [-0.25, -0.2) is 0 Å². The topological polar surface area (TPSA) is 50.4 Å². The Morgan fingerprint density at radius 3 is 2.62 bits per heavy atom. The Bertz CT molecular complexity index is 363. The molecule has 4 heteroatoms. The summed E-state index contributed by atoms with van der Waals surface area (Å²) < 4.78 is 5.94. The van der Waals surface area contributed by atoms with Crippen LogP contribution in [0.5, 0.6) is 0 Å². The van der Waals surface area contributed by atoms with Crippen LogP contribution < -0.4 is 0 Å². The Labute approximate surface area is 83.9 Å². The van der Waals surface area contributed by atoms with Crippen molar-refractivity contribution in [3.8, 4) is 0 Å². The van der Waals surface area contributed by atoms with Gasteiger partial charge in [0.2, 0.25) is 0 Å². The maximum Gasteiger partial charge on any atom is 0.317 e. The molecule has 0 amide bonds. The third-order valence-electron chi connectivity index (χ3n) is 2.48. The highest BCUT2D eigenvalue weighted by molar-refractivity contribution is 9.10. The van der Waals surface area contributed by atoms with Crippen molar-refractivity contribution in [3.05, 3.63) is 22.1 Å². The first-order chi connectivity index (χ1) is 6.06. The zero-order valence-electron chi connectivity index (χ0n) is 7.13. The van der Waals surface area contributed by atoms with Crippen LogP contribution in [-0.2, 0) is 10.2 Å². The van der Waals surface area contributed by atoms with Crippen LogP contribution in [0.3, 0.4) is 0 Å². The van der Waals surface area contributed by atoms with Crippen molar-refractivity contribution in [2.75, 3.05) is 0 Å². The molecule has 0 atom stereocenters. The Morgan fingerprint density at radius 2 is 2.31 bits per heavy atom. The fourth-order valence-corrected chi connectivity index (χ4v) is 2.09. The lowest BCUT2D eigenvalue weighted by Crippen LogP contribution is -2.19. The van der Waals surface area contributed by atoms with Gasteiger partial charge in [0.1, 0.15) is 11.2 Å². The van der Waals surface area contributed by atoms with E-state index in [0.717, 1.165) is 5.56 Å². The molecule has 1 aromatic rings. The molecular formula is C9H9BrO3. The van der Waals surface area contributed by atoms with Gasteiger partial charge >= 0.3 is 5.97 Å². The monoisotopic (exact) mass is 244 g/mol. The van der Waals surface area contributed by atoms with E-state index in [4.69, 9.17) is 9.52 Å². The van der Waals surface area contributed by atoms with Crippen molar-refractivity contribution in [3.63, 3.8) is 0 Å². The summed E-state index contributed by atoms with van der Waals surface area (Å²) in [6.07, 6.45) is 1.37. The van der Waals surface area contributed by atoms with Crippen LogP contribution in [0.4, 0.5) is 0 Å². The first kappa shape index (κ1) is 8.81. The summed E-state index contributed by atoms with van der Waals surface area (Å²) in [5.41, 5.74) is 0.183. The van der Waals surface area contributed by atoms with E-state index in [2.05, 4.69) is 15.9 Å². The average molecular weight is 245 g/mol. The van der Waals surface area contributed by atoms with Crippen molar-refractivity contribution in [1.29, 1.82) is 0 Å². The van der Waals surface area contributed by atoms with Gasteiger partial charge in [0.15, 0.2) is 4.67 Å². The number of carbonyl (C=O) groups is 1. The van der Waals surface area contributed by atoms with Crippen molar-refractivity contribution < 1.29 is 14.3 Å². The third kappa shape index (κ3) is 1.20. The SMILES string of the molecule is Cc1cc(Br)oc1C1(C(=O)O)CC1. The number of aliphatic carboxylic acids is 1. The van der Waals surface area contributed by atoms with Crippen molar-refractivity contribution in [2.45, 2.75) is 25.2 Å². The van der Waals surface area contributed by atoms with Gasteiger partial charge in [0, 0.05) is 0 Å². The number of aryl methyl sites for hydroxylation is 1. The molecule has 0 unspecified atom stereocenters. The average Bonchev–Trinajstić information content (AvgIpc) is 2.75. The minimum atomic E-state index is -0.780. The van der Waals surface area contributed by atoms with Gasteiger partial charge in [-0.05, 0) is 47.3 Å². The van der Waals surface area contributed by atoms with Gasteiger partial charge in [0.25, 0.3) is 0 Å². The molecule has 1 aliphatic carbocycles. The van der Waals surface area contributed by atoms with E-state index in [1.54, 1.807) is 6.07 Å². The smallest absolute Gasteiger partial charge is 0.317 e. The lowest BCUT2D eigenvalue weighted by atomic mass is 10.0. The van der Waals surface area contributed by atoms with Gasteiger partial charge in [-0.1, -0.05) is 0 Å². The van der Waals surface area contributed by atoms with E-state index in [-0.39, 0.29) is 0 Å². The maximum absolute atomic E-state index is 11.0. The summed E-state index contributed by atoms with van der Waals surface area (Å²) >= 11 is 3.19. The summed E-state index contributed by atoms with van der Waals surface area (Å²) in [5, 5.41) is 9.02. The molecule has 13 heavy (non-hydrogen) atoms. The molecule has 1 heterocycles. The molecule has 1 saturated carbocycles. The van der Waals surface area contributed by atoms with Crippen LogP contribution in [0.25, 0.3) is 0 Å². The normalized spacial score (nSPS) is 18.6. The van der Waals surface area contributed by atoms with Gasteiger partial charge in [-0.3, -0.25) is 4.79 Å². The van der Waals surface area contributed by atoms with Crippen LogP contribution >= 0.6 is 15.9 Å². The van der Waals surface area contributed by atoms with Crippen LogP contribution in [-0.4, -0.2) is 11.1 Å². The fourth-order valence-electron chi connectivity index (χ4n) is 1.58. The Balaban J connectivity index is 2.46. The number of hydrogen-bond acceptors (Lipinski definition) is 2. The highest BCUT2D eigenvalue weighted by atomic mass is 79.9. The third-order valence-corrected chi connectivity index (χ3v) is 2.87. The second-order valence-electron chi connectivity index (χ2n) is 3.45. The predicted molar refractivity (Wildman–Crippen MR) is 49.7 cm³/mol. The minimum absolute atomic E-state index is 0.604. The molecule has 0 spiro atoms. The van der Waals surface area contributed by atoms with Gasteiger partial charge < -0.3 is 9.52 Å². The largest absolute Gasteiger partial charge is 0.480 e. The molecule has 1 fully saturated rings. The zero-order valence-corrected chi connectivity index (χ0v) is 8.72. The number of hydrogen-bond donors (Lipinski definition) is 1. The lowest BCUT2D eigenvalue weighted by molar-refractivity contribution is -0.140. The van der Waals surface area contributed by atoms with Gasteiger partial charge in [0.05, 0.1) is 0 Å². The molecule has 0 aliphatic heterocycles. The molecule has 1 N–H and O–H groups in total. The Kier molecular flexibility index (Phi) is 1.77. The predicted octanol–water partition coefficient (Wildman–Crippen LogP) is 2.47. The molecule has 1 aliphatic rings. The van der Waals surface area contributed by atoms with E-state index < -0.39 is 11.4 Å². The van der Waals surface area contributed by atoms with E-state index in [9.17, 15) is 4.79 Å².